The van der Waals surface area contributed by atoms with Gasteiger partial charge < -0.3 is 10.3 Å². The SMILES string of the molecule is Cl.NC1CCN(Cc2nc(-c3ccccc3)no2)CC1. The largest absolute Gasteiger partial charge is 0.338 e. The Balaban J connectivity index is 0.00000147. The van der Waals surface area contributed by atoms with Crippen LogP contribution in [0.5, 0.6) is 0 Å². The summed E-state index contributed by atoms with van der Waals surface area (Å²) in [7, 11) is 0. The summed E-state index contributed by atoms with van der Waals surface area (Å²) in [6, 6.07) is 10.2. The van der Waals surface area contributed by atoms with Crippen molar-refractivity contribution in [2.24, 2.45) is 5.73 Å². The van der Waals surface area contributed by atoms with Crippen LogP contribution in [0.3, 0.4) is 0 Å². The van der Waals surface area contributed by atoms with E-state index in [1.807, 2.05) is 30.3 Å². The third-order valence-electron chi connectivity index (χ3n) is 3.49. The maximum Gasteiger partial charge on any atom is 0.241 e. The number of piperidine rings is 1. The first-order valence-electron chi connectivity index (χ1n) is 6.67. The van der Waals surface area contributed by atoms with Crippen molar-refractivity contribution in [2.45, 2.75) is 25.4 Å². The van der Waals surface area contributed by atoms with Gasteiger partial charge in [0.15, 0.2) is 0 Å². The van der Waals surface area contributed by atoms with Gasteiger partial charge in [-0.1, -0.05) is 35.5 Å². The number of halogens is 1. The number of nitrogens with zero attached hydrogens (tertiary/aromatic N) is 3. The minimum atomic E-state index is 0. The number of likely N-dealkylation sites (tertiary alicyclic amines) is 1. The van der Waals surface area contributed by atoms with Gasteiger partial charge in [0.1, 0.15) is 0 Å². The zero-order chi connectivity index (χ0) is 13.1. The van der Waals surface area contributed by atoms with Crippen LogP contribution in [0.2, 0.25) is 0 Å². The molecule has 0 amide bonds. The lowest BCUT2D eigenvalue weighted by Crippen LogP contribution is -2.39. The topological polar surface area (TPSA) is 68.2 Å². The summed E-state index contributed by atoms with van der Waals surface area (Å²) in [5.41, 5.74) is 6.88. The van der Waals surface area contributed by atoms with Gasteiger partial charge in [-0.3, -0.25) is 4.90 Å². The number of hydrogen-bond acceptors (Lipinski definition) is 5. The van der Waals surface area contributed by atoms with E-state index >= 15 is 0 Å². The molecule has 1 aromatic heterocycles. The molecule has 0 atom stereocenters. The minimum absolute atomic E-state index is 0. The molecule has 5 nitrogen and oxygen atoms in total. The Labute approximate surface area is 124 Å². The van der Waals surface area contributed by atoms with Crippen LogP contribution in [0.25, 0.3) is 11.4 Å². The van der Waals surface area contributed by atoms with E-state index in [9.17, 15) is 0 Å². The third-order valence-corrected chi connectivity index (χ3v) is 3.49. The summed E-state index contributed by atoms with van der Waals surface area (Å²) in [6.07, 6.45) is 2.08. The normalized spacial score (nSPS) is 16.9. The van der Waals surface area contributed by atoms with Crippen LogP contribution in [0.1, 0.15) is 18.7 Å². The molecule has 1 aliphatic heterocycles. The van der Waals surface area contributed by atoms with Crippen LogP contribution in [0.4, 0.5) is 0 Å². The van der Waals surface area contributed by atoms with Gasteiger partial charge in [0.05, 0.1) is 6.54 Å². The average molecular weight is 295 g/mol. The summed E-state index contributed by atoms with van der Waals surface area (Å²) < 4.78 is 5.31. The van der Waals surface area contributed by atoms with Gasteiger partial charge in [-0.2, -0.15) is 4.98 Å². The van der Waals surface area contributed by atoms with Gasteiger partial charge in [-0.05, 0) is 12.8 Å². The van der Waals surface area contributed by atoms with Crippen LogP contribution in [0.15, 0.2) is 34.9 Å². The fourth-order valence-electron chi connectivity index (χ4n) is 2.33. The predicted molar refractivity (Wildman–Crippen MR) is 79.5 cm³/mol. The minimum Gasteiger partial charge on any atom is -0.338 e. The van der Waals surface area contributed by atoms with Gasteiger partial charge in [-0.25, -0.2) is 0 Å². The first-order chi connectivity index (χ1) is 9.31. The highest BCUT2D eigenvalue weighted by molar-refractivity contribution is 5.85. The Bertz CT molecular complexity index is 523. The van der Waals surface area contributed by atoms with Crippen LogP contribution in [0, 0.1) is 0 Å². The van der Waals surface area contributed by atoms with Crippen molar-refractivity contribution in [3.05, 3.63) is 36.2 Å². The van der Waals surface area contributed by atoms with Gasteiger partial charge in [-0.15, -0.1) is 12.4 Å². The van der Waals surface area contributed by atoms with Crippen LogP contribution < -0.4 is 5.73 Å². The average Bonchev–Trinajstić information content (AvgIpc) is 2.91. The maximum absolute atomic E-state index is 5.89. The lowest BCUT2D eigenvalue weighted by atomic mass is 10.1. The Morgan fingerprint density at radius 3 is 2.60 bits per heavy atom. The standard InChI is InChI=1S/C14H18N4O.ClH/c15-12-6-8-18(9-7-12)10-13-16-14(17-19-13)11-4-2-1-3-5-11;/h1-5,12H,6-10,15H2;1H. The van der Waals surface area contributed by atoms with Crippen molar-refractivity contribution in [1.29, 1.82) is 0 Å². The monoisotopic (exact) mass is 294 g/mol. The van der Waals surface area contributed by atoms with Crippen molar-refractivity contribution >= 4 is 12.4 Å². The number of nitrogens with two attached hydrogens (primary N) is 1. The molecule has 2 heterocycles. The maximum atomic E-state index is 5.89. The second kappa shape index (κ2) is 6.83. The second-order valence-corrected chi connectivity index (χ2v) is 4.99. The zero-order valence-electron chi connectivity index (χ0n) is 11.2. The van der Waals surface area contributed by atoms with E-state index < -0.39 is 0 Å². The van der Waals surface area contributed by atoms with Crippen molar-refractivity contribution in [2.75, 3.05) is 13.1 Å². The Hall–Kier alpha value is -1.43. The van der Waals surface area contributed by atoms with E-state index in [0.29, 0.717) is 24.3 Å². The third kappa shape index (κ3) is 3.56. The number of hydrogen-bond donors (Lipinski definition) is 1. The summed E-state index contributed by atoms with van der Waals surface area (Å²) in [5.74, 6) is 1.33. The van der Waals surface area contributed by atoms with Crippen LogP contribution in [-0.2, 0) is 6.54 Å². The van der Waals surface area contributed by atoms with Crippen molar-refractivity contribution in [3.63, 3.8) is 0 Å². The lowest BCUT2D eigenvalue weighted by molar-refractivity contribution is 0.182. The van der Waals surface area contributed by atoms with Gasteiger partial charge in [0, 0.05) is 24.7 Å². The molecule has 0 unspecified atom stereocenters. The molecule has 3 rings (SSSR count). The molecule has 1 aliphatic rings. The lowest BCUT2D eigenvalue weighted by Gasteiger charge is -2.28. The van der Waals surface area contributed by atoms with E-state index in [2.05, 4.69) is 15.0 Å². The molecule has 0 spiro atoms. The molecule has 1 fully saturated rings. The smallest absolute Gasteiger partial charge is 0.241 e. The molecule has 0 radical (unpaired) electrons. The van der Waals surface area contributed by atoms with E-state index in [1.54, 1.807) is 0 Å². The van der Waals surface area contributed by atoms with Gasteiger partial charge in [0.2, 0.25) is 11.7 Å². The molecule has 0 saturated carbocycles. The fraction of sp³-hybridized carbons (Fsp3) is 0.429. The molecule has 2 N–H and O–H groups in total. The van der Waals surface area contributed by atoms with Gasteiger partial charge in [0.25, 0.3) is 0 Å². The highest BCUT2D eigenvalue weighted by Gasteiger charge is 2.18. The van der Waals surface area contributed by atoms with Crippen molar-refractivity contribution < 1.29 is 4.52 Å². The Morgan fingerprint density at radius 1 is 1.20 bits per heavy atom. The first-order valence-corrected chi connectivity index (χ1v) is 6.67. The van der Waals surface area contributed by atoms with Gasteiger partial charge >= 0.3 is 0 Å². The van der Waals surface area contributed by atoms with Crippen molar-refractivity contribution in [1.82, 2.24) is 15.0 Å². The molecular formula is C14H19ClN4O. The number of rotatable bonds is 3. The number of aromatic nitrogens is 2. The highest BCUT2D eigenvalue weighted by atomic mass is 35.5. The van der Waals surface area contributed by atoms with E-state index in [0.717, 1.165) is 31.5 Å². The molecule has 0 bridgehead atoms. The van der Waals surface area contributed by atoms with Crippen molar-refractivity contribution in [3.8, 4) is 11.4 Å². The Kier molecular flexibility index (Phi) is 5.11. The van der Waals surface area contributed by atoms with E-state index in [-0.39, 0.29) is 12.4 Å². The predicted octanol–water partition coefficient (Wildman–Crippen LogP) is 2.08. The molecule has 20 heavy (non-hydrogen) atoms. The summed E-state index contributed by atoms with van der Waals surface area (Å²) >= 11 is 0. The van der Waals surface area contributed by atoms with E-state index in [4.69, 9.17) is 10.3 Å². The molecule has 1 aromatic carbocycles. The molecule has 2 aromatic rings. The Morgan fingerprint density at radius 2 is 1.90 bits per heavy atom. The first kappa shape index (κ1) is 15.0. The second-order valence-electron chi connectivity index (χ2n) is 4.99. The molecule has 1 saturated heterocycles. The summed E-state index contributed by atoms with van der Waals surface area (Å²) in [4.78, 5) is 6.75. The fourth-order valence-corrected chi connectivity index (χ4v) is 2.33. The van der Waals surface area contributed by atoms with E-state index in [1.165, 1.54) is 0 Å². The zero-order valence-corrected chi connectivity index (χ0v) is 12.1. The summed E-state index contributed by atoms with van der Waals surface area (Å²) in [6.45, 7) is 2.72. The number of benzene rings is 1. The van der Waals surface area contributed by atoms with Crippen LogP contribution in [-0.4, -0.2) is 34.2 Å². The highest BCUT2D eigenvalue weighted by Crippen LogP contribution is 2.17. The van der Waals surface area contributed by atoms with Crippen LogP contribution >= 0.6 is 12.4 Å². The molecule has 6 heteroatoms. The molecule has 108 valence electrons. The quantitative estimate of drug-likeness (QED) is 0.939. The molecule has 0 aliphatic carbocycles. The summed E-state index contributed by atoms with van der Waals surface area (Å²) in [5, 5.41) is 4.03. The molecular weight excluding hydrogens is 276 g/mol.